The lowest BCUT2D eigenvalue weighted by Gasteiger charge is -2.10. The van der Waals surface area contributed by atoms with Crippen molar-refractivity contribution in [2.24, 2.45) is 5.92 Å². The van der Waals surface area contributed by atoms with Gasteiger partial charge < -0.3 is 20.1 Å². The van der Waals surface area contributed by atoms with E-state index in [1.807, 2.05) is 0 Å². The number of hydrogen-bond donors (Lipinski definition) is 3. The molecule has 19 heavy (non-hydrogen) atoms. The Morgan fingerprint density at radius 2 is 2.11 bits per heavy atom. The SMILES string of the molecule is COC(=O)C(C)CC(=O)Nc1cccc(B(O)O)c1. The summed E-state index contributed by atoms with van der Waals surface area (Å²) in [5.41, 5.74) is 0.714. The first-order valence-electron chi connectivity index (χ1n) is 5.77. The van der Waals surface area contributed by atoms with Gasteiger partial charge in [-0.05, 0) is 17.6 Å². The van der Waals surface area contributed by atoms with Crippen LogP contribution in [-0.4, -0.2) is 36.2 Å². The van der Waals surface area contributed by atoms with Crippen molar-refractivity contribution < 1.29 is 24.4 Å². The predicted molar refractivity (Wildman–Crippen MR) is 70.7 cm³/mol. The molecular weight excluding hydrogens is 249 g/mol. The lowest BCUT2D eigenvalue weighted by molar-refractivity contribution is -0.146. The molecule has 1 amide bonds. The minimum atomic E-state index is -1.59. The van der Waals surface area contributed by atoms with Crippen molar-refractivity contribution >= 4 is 30.1 Å². The zero-order chi connectivity index (χ0) is 14.4. The first-order chi connectivity index (χ1) is 8.93. The van der Waals surface area contributed by atoms with E-state index in [9.17, 15) is 9.59 Å². The quantitative estimate of drug-likeness (QED) is 0.493. The maximum atomic E-state index is 11.7. The fourth-order valence-corrected chi connectivity index (χ4v) is 1.55. The number of benzene rings is 1. The standard InChI is InChI=1S/C12H16BNO5/c1-8(12(16)19-2)6-11(15)14-10-5-3-4-9(7-10)13(17)18/h3-5,7-8,17-18H,6H2,1-2H3,(H,14,15). The summed E-state index contributed by atoms with van der Waals surface area (Å²) in [7, 11) is -0.325. The van der Waals surface area contributed by atoms with Gasteiger partial charge in [0.25, 0.3) is 0 Å². The van der Waals surface area contributed by atoms with Gasteiger partial charge in [0, 0.05) is 12.1 Å². The zero-order valence-electron chi connectivity index (χ0n) is 10.8. The number of esters is 1. The smallest absolute Gasteiger partial charge is 0.469 e. The molecule has 1 aromatic rings. The summed E-state index contributed by atoms with van der Waals surface area (Å²) in [5, 5.41) is 20.6. The highest BCUT2D eigenvalue weighted by molar-refractivity contribution is 6.58. The van der Waals surface area contributed by atoms with Gasteiger partial charge in [-0.15, -0.1) is 0 Å². The molecule has 0 saturated carbocycles. The Morgan fingerprint density at radius 1 is 1.42 bits per heavy atom. The van der Waals surface area contributed by atoms with Gasteiger partial charge in [0.2, 0.25) is 5.91 Å². The molecule has 102 valence electrons. The second kappa shape index (κ2) is 6.91. The molecule has 7 heteroatoms. The molecule has 0 saturated heterocycles. The molecule has 0 heterocycles. The van der Waals surface area contributed by atoms with E-state index in [1.165, 1.54) is 19.2 Å². The molecule has 6 nitrogen and oxygen atoms in total. The molecule has 0 aliphatic heterocycles. The second-order valence-corrected chi connectivity index (χ2v) is 4.18. The van der Waals surface area contributed by atoms with Crippen LogP contribution in [0.25, 0.3) is 0 Å². The zero-order valence-corrected chi connectivity index (χ0v) is 10.8. The van der Waals surface area contributed by atoms with E-state index in [0.29, 0.717) is 5.69 Å². The fraction of sp³-hybridized carbons (Fsp3) is 0.333. The van der Waals surface area contributed by atoms with Crippen molar-refractivity contribution in [3.63, 3.8) is 0 Å². The molecule has 1 aromatic carbocycles. The van der Waals surface area contributed by atoms with Crippen LogP contribution in [0.4, 0.5) is 5.69 Å². The molecule has 1 unspecified atom stereocenters. The van der Waals surface area contributed by atoms with Gasteiger partial charge in [-0.2, -0.15) is 0 Å². The normalized spacial score (nSPS) is 11.6. The molecule has 0 bridgehead atoms. The number of carbonyl (C=O) groups excluding carboxylic acids is 2. The predicted octanol–water partition coefficient (Wildman–Crippen LogP) is -0.496. The number of ether oxygens (including phenoxy) is 1. The average molecular weight is 265 g/mol. The van der Waals surface area contributed by atoms with Crippen molar-refractivity contribution in [1.29, 1.82) is 0 Å². The van der Waals surface area contributed by atoms with Gasteiger partial charge in [0.15, 0.2) is 0 Å². The Labute approximate surface area is 111 Å². The topological polar surface area (TPSA) is 95.9 Å². The van der Waals surface area contributed by atoms with Crippen molar-refractivity contribution in [3.8, 4) is 0 Å². The Bertz CT molecular complexity index is 463. The first kappa shape index (κ1) is 15.2. The van der Waals surface area contributed by atoms with Gasteiger partial charge in [-0.3, -0.25) is 9.59 Å². The molecule has 0 aromatic heterocycles. The van der Waals surface area contributed by atoms with Crippen LogP contribution < -0.4 is 10.8 Å². The van der Waals surface area contributed by atoms with Crippen molar-refractivity contribution in [2.45, 2.75) is 13.3 Å². The Kier molecular flexibility index (Phi) is 5.53. The summed E-state index contributed by atoms with van der Waals surface area (Å²) in [6.45, 7) is 1.60. The van der Waals surface area contributed by atoms with Crippen LogP contribution in [0.3, 0.4) is 0 Å². The van der Waals surface area contributed by atoms with Gasteiger partial charge in [-0.1, -0.05) is 19.1 Å². The Balaban J connectivity index is 2.62. The van der Waals surface area contributed by atoms with Crippen molar-refractivity contribution in [3.05, 3.63) is 24.3 Å². The molecule has 0 radical (unpaired) electrons. The number of rotatable bonds is 5. The summed E-state index contributed by atoms with van der Waals surface area (Å²) in [5.74, 6) is -1.33. The highest BCUT2D eigenvalue weighted by Gasteiger charge is 2.18. The van der Waals surface area contributed by atoms with E-state index in [0.717, 1.165) is 0 Å². The summed E-state index contributed by atoms with van der Waals surface area (Å²) >= 11 is 0. The van der Waals surface area contributed by atoms with Gasteiger partial charge in [0.1, 0.15) is 0 Å². The van der Waals surface area contributed by atoms with Crippen LogP contribution >= 0.6 is 0 Å². The van der Waals surface area contributed by atoms with E-state index >= 15 is 0 Å². The second-order valence-electron chi connectivity index (χ2n) is 4.18. The molecule has 0 fully saturated rings. The van der Waals surface area contributed by atoms with Crippen LogP contribution in [-0.2, 0) is 14.3 Å². The van der Waals surface area contributed by atoms with Crippen molar-refractivity contribution in [1.82, 2.24) is 0 Å². The maximum absolute atomic E-state index is 11.7. The number of anilines is 1. The fourth-order valence-electron chi connectivity index (χ4n) is 1.55. The Hall–Kier alpha value is -1.86. The van der Waals surface area contributed by atoms with Gasteiger partial charge in [-0.25, -0.2) is 0 Å². The minimum Gasteiger partial charge on any atom is -0.469 e. The molecule has 0 aliphatic rings. The third kappa shape index (κ3) is 4.73. The molecule has 1 rings (SSSR count). The number of amides is 1. The van der Waals surface area contributed by atoms with Crippen LogP contribution in [0.1, 0.15) is 13.3 Å². The maximum Gasteiger partial charge on any atom is 0.488 e. The third-order valence-electron chi connectivity index (χ3n) is 2.56. The van der Waals surface area contributed by atoms with Gasteiger partial charge in [0.05, 0.1) is 13.0 Å². The molecule has 0 spiro atoms. The summed E-state index contributed by atoms with van der Waals surface area (Å²) in [6, 6.07) is 6.18. The number of hydrogen-bond acceptors (Lipinski definition) is 5. The molecule has 1 atom stereocenters. The van der Waals surface area contributed by atoms with E-state index < -0.39 is 19.0 Å². The summed E-state index contributed by atoms with van der Waals surface area (Å²) in [6.07, 6.45) is -0.00141. The highest BCUT2D eigenvalue weighted by Crippen LogP contribution is 2.09. The summed E-state index contributed by atoms with van der Waals surface area (Å²) < 4.78 is 4.53. The van der Waals surface area contributed by atoms with E-state index in [1.54, 1.807) is 19.1 Å². The first-order valence-corrected chi connectivity index (χ1v) is 5.77. The van der Waals surface area contributed by atoms with Gasteiger partial charge >= 0.3 is 13.1 Å². The summed E-state index contributed by atoms with van der Waals surface area (Å²) in [4.78, 5) is 22.9. The van der Waals surface area contributed by atoms with Crippen LogP contribution in [0.2, 0.25) is 0 Å². The third-order valence-corrected chi connectivity index (χ3v) is 2.56. The van der Waals surface area contributed by atoms with Crippen LogP contribution in [0.15, 0.2) is 24.3 Å². The van der Waals surface area contributed by atoms with E-state index in [2.05, 4.69) is 10.1 Å². The van der Waals surface area contributed by atoms with Crippen molar-refractivity contribution in [2.75, 3.05) is 12.4 Å². The van der Waals surface area contributed by atoms with E-state index in [4.69, 9.17) is 10.0 Å². The molecular formula is C12H16BNO5. The highest BCUT2D eigenvalue weighted by atomic mass is 16.5. The lowest BCUT2D eigenvalue weighted by Crippen LogP contribution is -2.30. The monoisotopic (exact) mass is 265 g/mol. The number of methoxy groups -OCH3 is 1. The number of carbonyl (C=O) groups is 2. The minimum absolute atomic E-state index is 0.00141. The van der Waals surface area contributed by atoms with Crippen LogP contribution in [0, 0.1) is 5.92 Å². The average Bonchev–Trinajstić information content (AvgIpc) is 2.37. The number of nitrogens with one attached hydrogen (secondary N) is 1. The van der Waals surface area contributed by atoms with Crippen LogP contribution in [0.5, 0.6) is 0 Å². The van der Waals surface area contributed by atoms with E-state index in [-0.39, 0.29) is 17.8 Å². The lowest BCUT2D eigenvalue weighted by atomic mass is 9.80. The largest absolute Gasteiger partial charge is 0.488 e. The Morgan fingerprint density at radius 3 is 2.68 bits per heavy atom. The molecule has 0 aliphatic carbocycles. The molecule has 3 N–H and O–H groups in total.